The van der Waals surface area contributed by atoms with Gasteiger partial charge in [0.1, 0.15) is 0 Å². The van der Waals surface area contributed by atoms with Crippen LogP contribution in [0.2, 0.25) is 0 Å². The molecule has 0 aromatic carbocycles. The smallest absolute Gasteiger partial charge is 0.0644 e. The molecule has 94 valence electrons. The topological polar surface area (TPSA) is 35.9 Å². The molecule has 0 aromatic rings. The number of hydrogen-bond acceptors (Lipinski definition) is 4. The SMILES string of the molecule is CC1(O)CCN(CCN2CCOCC2)CC1. The van der Waals surface area contributed by atoms with Gasteiger partial charge in [0.05, 0.1) is 18.8 Å². The highest BCUT2D eigenvalue weighted by Crippen LogP contribution is 2.20. The molecule has 0 saturated carbocycles. The molecule has 0 spiro atoms. The molecule has 0 radical (unpaired) electrons. The lowest BCUT2D eigenvalue weighted by molar-refractivity contribution is -0.0114. The molecule has 2 aliphatic rings. The standard InChI is InChI=1S/C12H24N2O2/c1-12(15)2-4-13(5-3-12)6-7-14-8-10-16-11-9-14/h15H,2-11H2,1H3. The number of hydrogen-bond donors (Lipinski definition) is 1. The molecule has 2 saturated heterocycles. The number of nitrogens with zero attached hydrogens (tertiary/aromatic N) is 2. The van der Waals surface area contributed by atoms with E-state index in [1.54, 1.807) is 0 Å². The Hall–Kier alpha value is -0.160. The molecular weight excluding hydrogens is 204 g/mol. The maximum Gasteiger partial charge on any atom is 0.0644 e. The number of morpholine rings is 1. The third-order valence-corrected chi connectivity index (χ3v) is 3.77. The van der Waals surface area contributed by atoms with Crippen LogP contribution < -0.4 is 0 Å². The molecule has 0 bridgehead atoms. The van der Waals surface area contributed by atoms with E-state index < -0.39 is 5.60 Å². The van der Waals surface area contributed by atoms with Crippen molar-refractivity contribution in [2.24, 2.45) is 0 Å². The first-order valence-corrected chi connectivity index (χ1v) is 6.41. The zero-order chi connectivity index (χ0) is 11.4. The quantitative estimate of drug-likeness (QED) is 0.747. The van der Waals surface area contributed by atoms with Gasteiger partial charge in [-0.05, 0) is 19.8 Å². The van der Waals surface area contributed by atoms with Crippen molar-refractivity contribution in [2.75, 3.05) is 52.5 Å². The van der Waals surface area contributed by atoms with E-state index in [9.17, 15) is 5.11 Å². The number of rotatable bonds is 3. The summed E-state index contributed by atoms with van der Waals surface area (Å²) >= 11 is 0. The molecular formula is C12H24N2O2. The minimum absolute atomic E-state index is 0.421. The van der Waals surface area contributed by atoms with Crippen molar-refractivity contribution in [3.8, 4) is 0 Å². The lowest BCUT2D eigenvalue weighted by Crippen LogP contribution is -2.46. The first-order chi connectivity index (χ1) is 7.66. The van der Waals surface area contributed by atoms with Gasteiger partial charge in [0.25, 0.3) is 0 Å². The number of piperidine rings is 1. The van der Waals surface area contributed by atoms with Crippen molar-refractivity contribution in [1.29, 1.82) is 0 Å². The van der Waals surface area contributed by atoms with Gasteiger partial charge in [0.2, 0.25) is 0 Å². The van der Waals surface area contributed by atoms with Crippen molar-refractivity contribution >= 4 is 0 Å². The van der Waals surface area contributed by atoms with Gasteiger partial charge in [0.15, 0.2) is 0 Å². The second-order valence-corrected chi connectivity index (χ2v) is 5.29. The Balaban J connectivity index is 1.63. The van der Waals surface area contributed by atoms with E-state index in [-0.39, 0.29) is 0 Å². The molecule has 16 heavy (non-hydrogen) atoms. The fraction of sp³-hybridized carbons (Fsp3) is 1.00. The van der Waals surface area contributed by atoms with E-state index in [4.69, 9.17) is 4.74 Å². The first kappa shape index (κ1) is 12.3. The number of ether oxygens (including phenoxy) is 1. The highest BCUT2D eigenvalue weighted by atomic mass is 16.5. The predicted molar refractivity (Wildman–Crippen MR) is 63.6 cm³/mol. The average Bonchev–Trinajstić information content (AvgIpc) is 2.29. The summed E-state index contributed by atoms with van der Waals surface area (Å²) in [6.45, 7) is 10.2. The van der Waals surface area contributed by atoms with Gasteiger partial charge in [0, 0.05) is 39.3 Å². The summed E-state index contributed by atoms with van der Waals surface area (Å²) in [6, 6.07) is 0. The van der Waals surface area contributed by atoms with Gasteiger partial charge in [-0.3, -0.25) is 4.90 Å². The summed E-state index contributed by atoms with van der Waals surface area (Å²) < 4.78 is 5.33. The molecule has 0 aromatic heterocycles. The van der Waals surface area contributed by atoms with Crippen LogP contribution in [0.3, 0.4) is 0 Å². The van der Waals surface area contributed by atoms with E-state index in [0.29, 0.717) is 0 Å². The van der Waals surface area contributed by atoms with E-state index in [1.807, 2.05) is 6.92 Å². The minimum atomic E-state index is -0.421. The van der Waals surface area contributed by atoms with Crippen LogP contribution in [0.15, 0.2) is 0 Å². The first-order valence-electron chi connectivity index (χ1n) is 6.41. The van der Waals surface area contributed by atoms with Crippen LogP contribution in [0.25, 0.3) is 0 Å². The Morgan fingerprint density at radius 1 is 1.00 bits per heavy atom. The third-order valence-electron chi connectivity index (χ3n) is 3.77. The van der Waals surface area contributed by atoms with Crippen LogP contribution in [0.4, 0.5) is 0 Å². The van der Waals surface area contributed by atoms with Crippen molar-refractivity contribution in [3.63, 3.8) is 0 Å². The summed E-state index contributed by atoms with van der Waals surface area (Å²) in [6.07, 6.45) is 1.83. The molecule has 0 unspecified atom stereocenters. The van der Waals surface area contributed by atoms with Gasteiger partial charge in [-0.1, -0.05) is 0 Å². The molecule has 1 N–H and O–H groups in total. The molecule has 2 heterocycles. The van der Waals surface area contributed by atoms with Gasteiger partial charge >= 0.3 is 0 Å². The highest BCUT2D eigenvalue weighted by Gasteiger charge is 2.27. The highest BCUT2D eigenvalue weighted by molar-refractivity contribution is 4.81. The van der Waals surface area contributed by atoms with Gasteiger partial charge in [-0.15, -0.1) is 0 Å². The summed E-state index contributed by atoms with van der Waals surface area (Å²) in [4.78, 5) is 4.93. The zero-order valence-corrected chi connectivity index (χ0v) is 10.3. The number of aliphatic hydroxyl groups is 1. The summed E-state index contributed by atoms with van der Waals surface area (Å²) in [5.74, 6) is 0. The van der Waals surface area contributed by atoms with Crippen LogP contribution >= 0.6 is 0 Å². The average molecular weight is 228 g/mol. The lowest BCUT2D eigenvalue weighted by Gasteiger charge is -2.37. The van der Waals surface area contributed by atoms with E-state index in [2.05, 4.69) is 9.80 Å². The molecule has 2 rings (SSSR count). The summed E-state index contributed by atoms with van der Waals surface area (Å²) in [7, 11) is 0. The normalized spacial score (nSPS) is 28.1. The molecule has 0 aliphatic carbocycles. The van der Waals surface area contributed by atoms with Crippen LogP contribution in [0.1, 0.15) is 19.8 Å². The van der Waals surface area contributed by atoms with E-state index >= 15 is 0 Å². The van der Waals surface area contributed by atoms with E-state index in [0.717, 1.165) is 65.3 Å². The largest absolute Gasteiger partial charge is 0.390 e. The van der Waals surface area contributed by atoms with Crippen molar-refractivity contribution in [2.45, 2.75) is 25.4 Å². The monoisotopic (exact) mass is 228 g/mol. The summed E-state index contributed by atoms with van der Waals surface area (Å²) in [5, 5.41) is 9.86. The minimum Gasteiger partial charge on any atom is -0.390 e. The molecule has 4 nitrogen and oxygen atoms in total. The van der Waals surface area contributed by atoms with Crippen molar-refractivity contribution in [1.82, 2.24) is 9.80 Å². The molecule has 0 amide bonds. The molecule has 2 aliphatic heterocycles. The number of likely N-dealkylation sites (tertiary alicyclic amines) is 1. The van der Waals surface area contributed by atoms with Gasteiger partial charge in [-0.2, -0.15) is 0 Å². The van der Waals surface area contributed by atoms with Gasteiger partial charge < -0.3 is 14.7 Å². The summed E-state index contributed by atoms with van der Waals surface area (Å²) in [5.41, 5.74) is -0.421. The molecule has 4 heteroatoms. The molecule has 2 fully saturated rings. The van der Waals surface area contributed by atoms with Crippen molar-refractivity contribution < 1.29 is 9.84 Å². The Morgan fingerprint density at radius 2 is 1.50 bits per heavy atom. The van der Waals surface area contributed by atoms with Crippen LogP contribution in [0, 0.1) is 0 Å². The van der Waals surface area contributed by atoms with Gasteiger partial charge in [-0.25, -0.2) is 0 Å². The maximum absolute atomic E-state index is 9.86. The second-order valence-electron chi connectivity index (χ2n) is 5.29. The maximum atomic E-state index is 9.86. The Labute approximate surface area is 98.2 Å². The zero-order valence-electron chi connectivity index (χ0n) is 10.3. The van der Waals surface area contributed by atoms with Crippen LogP contribution in [-0.2, 0) is 4.74 Å². The van der Waals surface area contributed by atoms with E-state index in [1.165, 1.54) is 0 Å². The lowest BCUT2D eigenvalue weighted by atomic mass is 9.94. The predicted octanol–water partition coefficient (Wildman–Crippen LogP) is 0.165. The van der Waals surface area contributed by atoms with Crippen LogP contribution in [-0.4, -0.2) is 73.0 Å². The van der Waals surface area contributed by atoms with Crippen molar-refractivity contribution in [3.05, 3.63) is 0 Å². The fourth-order valence-electron chi connectivity index (χ4n) is 2.37. The van der Waals surface area contributed by atoms with Crippen LogP contribution in [0.5, 0.6) is 0 Å². The Morgan fingerprint density at radius 3 is 2.06 bits per heavy atom. The fourth-order valence-corrected chi connectivity index (χ4v) is 2.37. The Kier molecular flexibility index (Phi) is 4.19. The third kappa shape index (κ3) is 3.70. The molecule has 0 atom stereocenters. The Bertz CT molecular complexity index is 205. The second kappa shape index (κ2) is 5.45.